The van der Waals surface area contributed by atoms with E-state index in [1.807, 2.05) is 24.3 Å². The van der Waals surface area contributed by atoms with E-state index in [-0.39, 0.29) is 11.7 Å². The monoisotopic (exact) mass is 502 g/mol. The van der Waals surface area contributed by atoms with Gasteiger partial charge in [-0.2, -0.15) is 0 Å². The molecule has 1 aromatic carbocycles. The smallest absolute Gasteiger partial charge is 0.410 e. The number of ether oxygens (including phenoxy) is 1. The van der Waals surface area contributed by atoms with Crippen LogP contribution in [0.25, 0.3) is 11.3 Å². The maximum Gasteiger partial charge on any atom is 0.410 e. The minimum Gasteiger partial charge on any atom is -0.444 e. The zero-order valence-electron chi connectivity index (χ0n) is 22.1. The molecule has 4 rings (SSSR count). The van der Waals surface area contributed by atoms with Crippen LogP contribution in [0.2, 0.25) is 0 Å². The zero-order valence-corrected chi connectivity index (χ0v) is 22.1. The van der Waals surface area contributed by atoms with Gasteiger partial charge in [0, 0.05) is 42.9 Å². The Balaban J connectivity index is 1.60. The molecule has 1 atom stereocenters. The molecular formula is C29H34N4O4. The quantitative estimate of drug-likeness (QED) is 0.471. The summed E-state index contributed by atoms with van der Waals surface area (Å²) in [6.07, 6.45) is 3.87. The summed E-state index contributed by atoms with van der Waals surface area (Å²) < 4.78 is 5.37. The molecule has 0 saturated heterocycles. The second-order valence-corrected chi connectivity index (χ2v) is 10.5. The summed E-state index contributed by atoms with van der Waals surface area (Å²) in [6.45, 7) is 6.95. The minimum atomic E-state index is -0.774. The number of carbonyl (C=O) groups is 3. The third-order valence-electron chi connectivity index (χ3n) is 6.46. The van der Waals surface area contributed by atoms with Crippen LogP contribution < -0.4 is 5.32 Å². The highest BCUT2D eigenvalue weighted by Gasteiger charge is 2.28. The second-order valence-electron chi connectivity index (χ2n) is 10.5. The fourth-order valence-electron chi connectivity index (χ4n) is 4.45. The number of anilines is 1. The Hall–Kier alpha value is -3.94. The summed E-state index contributed by atoms with van der Waals surface area (Å²) in [7, 11) is 1.53. The average molecular weight is 503 g/mol. The van der Waals surface area contributed by atoms with Crippen LogP contribution >= 0.6 is 0 Å². The molecule has 8 nitrogen and oxygen atoms in total. The van der Waals surface area contributed by atoms with E-state index < -0.39 is 17.7 Å². The Morgan fingerprint density at radius 3 is 2.59 bits per heavy atom. The van der Waals surface area contributed by atoms with Crippen molar-refractivity contribution in [1.82, 2.24) is 14.9 Å². The number of carbonyl (C=O) groups excluding carboxylic acids is 3. The molecule has 194 valence electrons. The van der Waals surface area contributed by atoms with E-state index in [9.17, 15) is 14.4 Å². The first-order valence-electron chi connectivity index (χ1n) is 12.6. The van der Waals surface area contributed by atoms with Gasteiger partial charge in [-0.3, -0.25) is 14.5 Å². The van der Waals surface area contributed by atoms with Crippen LogP contribution in [0.1, 0.15) is 67.7 Å². The predicted octanol–water partition coefficient (Wildman–Crippen LogP) is 5.38. The Labute approximate surface area is 217 Å². The van der Waals surface area contributed by atoms with Crippen LogP contribution in [-0.4, -0.2) is 51.3 Å². The highest BCUT2D eigenvalue weighted by Crippen LogP contribution is 2.35. The molecule has 1 aliphatic rings. The van der Waals surface area contributed by atoms with E-state index in [0.29, 0.717) is 18.7 Å². The van der Waals surface area contributed by atoms with E-state index in [4.69, 9.17) is 4.74 Å². The molecule has 2 aromatic heterocycles. The zero-order chi connectivity index (χ0) is 26.7. The van der Waals surface area contributed by atoms with Gasteiger partial charge < -0.3 is 15.0 Å². The number of aromatic nitrogens is 2. The number of H-pyrrole nitrogens is 1. The van der Waals surface area contributed by atoms with Crippen molar-refractivity contribution in [3.05, 3.63) is 71.0 Å². The van der Waals surface area contributed by atoms with Gasteiger partial charge in [0.2, 0.25) is 5.91 Å². The maximum absolute atomic E-state index is 12.9. The van der Waals surface area contributed by atoms with Gasteiger partial charge in [0.15, 0.2) is 5.78 Å². The van der Waals surface area contributed by atoms with Gasteiger partial charge in [0.05, 0.1) is 5.69 Å². The van der Waals surface area contributed by atoms with Crippen molar-refractivity contribution in [2.45, 2.75) is 65.0 Å². The topological polar surface area (TPSA) is 104 Å². The third kappa shape index (κ3) is 6.07. The van der Waals surface area contributed by atoms with Gasteiger partial charge in [-0.1, -0.05) is 30.3 Å². The number of hydrogen-bond donors (Lipinski definition) is 2. The second kappa shape index (κ2) is 10.6. The molecular weight excluding hydrogens is 468 g/mol. The number of nitrogens with zero attached hydrogens (tertiary/aromatic N) is 2. The first-order valence-corrected chi connectivity index (χ1v) is 12.6. The molecule has 0 aliphatic heterocycles. The highest BCUT2D eigenvalue weighted by molar-refractivity contribution is 6.02. The summed E-state index contributed by atoms with van der Waals surface area (Å²) in [5, 5.41) is 2.81. The van der Waals surface area contributed by atoms with E-state index in [0.717, 1.165) is 46.5 Å². The number of aryl methyl sites for hydroxylation is 1. The molecule has 2 heterocycles. The Morgan fingerprint density at radius 2 is 1.89 bits per heavy atom. The Bertz CT molecular complexity index is 1310. The van der Waals surface area contributed by atoms with E-state index >= 15 is 0 Å². The summed E-state index contributed by atoms with van der Waals surface area (Å²) in [6, 6.07) is 12.9. The van der Waals surface area contributed by atoms with Gasteiger partial charge in [0.25, 0.3) is 0 Å². The normalized spacial score (nSPS) is 14.0. The number of amides is 2. The van der Waals surface area contributed by atoms with Gasteiger partial charge in [-0.25, -0.2) is 9.78 Å². The van der Waals surface area contributed by atoms with Gasteiger partial charge >= 0.3 is 6.09 Å². The highest BCUT2D eigenvalue weighted by atomic mass is 16.6. The van der Waals surface area contributed by atoms with Crippen LogP contribution in [0.15, 0.2) is 48.7 Å². The number of hydrogen-bond acceptors (Lipinski definition) is 5. The number of likely N-dealkylation sites (N-methyl/N-ethyl adjacent to an activating group) is 1. The number of rotatable bonds is 6. The van der Waals surface area contributed by atoms with E-state index in [1.165, 1.54) is 11.9 Å². The predicted molar refractivity (Wildman–Crippen MR) is 143 cm³/mol. The van der Waals surface area contributed by atoms with Gasteiger partial charge in [0.1, 0.15) is 17.5 Å². The van der Waals surface area contributed by atoms with Crippen molar-refractivity contribution < 1.29 is 19.1 Å². The lowest BCUT2D eigenvalue weighted by atomic mass is 9.90. The Morgan fingerprint density at radius 1 is 1.16 bits per heavy atom. The van der Waals surface area contributed by atoms with Crippen molar-refractivity contribution in [3.8, 4) is 11.3 Å². The average Bonchev–Trinajstić information content (AvgIpc) is 3.22. The molecule has 2 amide bonds. The standard InChI is InChI=1S/C29H34N4O4/c1-18(33(5)28(36)37-29(2,3)4)27(35)32-24-17-20(14-15-30-24)26-21(16-19-10-7-6-8-11-19)25-22(31-26)12-9-13-23(25)34/h6-8,10-11,14-15,17-18,31H,9,12-13,16H2,1-5H3,(H,30,32,35)/t18-/m1/s1. The molecule has 0 bridgehead atoms. The molecule has 0 saturated carbocycles. The van der Waals surface area contributed by atoms with Crippen molar-refractivity contribution in [1.29, 1.82) is 0 Å². The fourth-order valence-corrected chi connectivity index (χ4v) is 4.45. The molecule has 0 fully saturated rings. The SMILES string of the molecule is C[C@H](C(=O)Nc1cc(-c2[nH]c3c(c2Cc2ccccc2)C(=O)CCC3)ccn1)N(C)C(=O)OC(C)(C)C. The van der Waals surface area contributed by atoms with Crippen molar-refractivity contribution in [2.75, 3.05) is 12.4 Å². The van der Waals surface area contributed by atoms with Crippen LogP contribution in [-0.2, 0) is 22.4 Å². The lowest BCUT2D eigenvalue weighted by molar-refractivity contribution is -0.120. The molecule has 0 spiro atoms. The molecule has 0 unspecified atom stereocenters. The minimum absolute atomic E-state index is 0.163. The Kier molecular flexibility index (Phi) is 7.47. The van der Waals surface area contributed by atoms with Crippen LogP contribution in [0, 0.1) is 0 Å². The van der Waals surface area contributed by atoms with Crippen LogP contribution in [0.5, 0.6) is 0 Å². The van der Waals surface area contributed by atoms with E-state index in [2.05, 4.69) is 27.4 Å². The molecule has 37 heavy (non-hydrogen) atoms. The number of aromatic amines is 1. The number of ketones is 1. The summed E-state index contributed by atoms with van der Waals surface area (Å²) in [5.74, 6) is 0.135. The van der Waals surface area contributed by atoms with Gasteiger partial charge in [-0.15, -0.1) is 0 Å². The van der Waals surface area contributed by atoms with E-state index in [1.54, 1.807) is 40.0 Å². The lowest BCUT2D eigenvalue weighted by Crippen LogP contribution is -2.45. The van der Waals surface area contributed by atoms with Crippen molar-refractivity contribution in [3.63, 3.8) is 0 Å². The first kappa shape index (κ1) is 26.1. The van der Waals surface area contributed by atoms with Crippen LogP contribution in [0.3, 0.4) is 0 Å². The largest absolute Gasteiger partial charge is 0.444 e. The number of nitrogens with one attached hydrogen (secondary N) is 2. The molecule has 8 heteroatoms. The van der Waals surface area contributed by atoms with Crippen LogP contribution in [0.4, 0.5) is 10.6 Å². The number of Topliss-reactive ketones (excluding diaryl/α,β-unsaturated/α-hetero) is 1. The third-order valence-corrected chi connectivity index (χ3v) is 6.46. The van der Waals surface area contributed by atoms with Crippen molar-refractivity contribution >= 4 is 23.6 Å². The molecule has 2 N–H and O–H groups in total. The molecule has 0 radical (unpaired) electrons. The first-order chi connectivity index (χ1) is 17.5. The summed E-state index contributed by atoms with van der Waals surface area (Å²) >= 11 is 0. The summed E-state index contributed by atoms with van der Waals surface area (Å²) in [5.41, 5.74) is 4.86. The fraction of sp³-hybridized carbons (Fsp3) is 0.379. The molecule has 1 aliphatic carbocycles. The number of fused-ring (bicyclic) bond motifs is 1. The number of benzene rings is 1. The number of pyridine rings is 1. The summed E-state index contributed by atoms with van der Waals surface area (Å²) in [4.78, 5) is 47.3. The lowest BCUT2D eigenvalue weighted by Gasteiger charge is -2.28. The molecule has 3 aromatic rings. The van der Waals surface area contributed by atoms with Crippen molar-refractivity contribution in [2.24, 2.45) is 0 Å². The maximum atomic E-state index is 12.9. The van der Waals surface area contributed by atoms with Gasteiger partial charge in [-0.05, 0) is 63.8 Å².